The predicted molar refractivity (Wildman–Crippen MR) is 61.0 cm³/mol. The van der Waals surface area contributed by atoms with Gasteiger partial charge in [0.25, 0.3) is 0 Å². The minimum absolute atomic E-state index is 0.807. The zero-order chi connectivity index (χ0) is 10.4. The van der Waals surface area contributed by atoms with Crippen molar-refractivity contribution in [2.75, 3.05) is 20.1 Å². The molecule has 0 heterocycles. The summed E-state index contributed by atoms with van der Waals surface area (Å²) in [6.45, 7) is 14.0. The summed E-state index contributed by atoms with van der Waals surface area (Å²) < 4.78 is 0. The van der Waals surface area contributed by atoms with Crippen molar-refractivity contribution in [1.29, 1.82) is 0 Å². The Morgan fingerprint density at radius 1 is 1.00 bits per heavy atom. The zero-order valence-corrected chi connectivity index (χ0v) is 10.3. The predicted octanol–water partition coefficient (Wildman–Crippen LogP) is 3.26. The fourth-order valence-electron chi connectivity index (χ4n) is 1.27. The summed E-state index contributed by atoms with van der Waals surface area (Å²) in [5, 5.41) is 0. The van der Waals surface area contributed by atoms with Gasteiger partial charge in [-0.25, -0.2) is 0 Å². The molecule has 0 radical (unpaired) electrons. The largest absolute Gasteiger partial charge is 0.306 e. The van der Waals surface area contributed by atoms with Gasteiger partial charge in [0.15, 0.2) is 0 Å². The SMILES string of the molecule is CC(C)CCN(C)CC(C)C(C)C. The molecule has 80 valence electrons. The van der Waals surface area contributed by atoms with Gasteiger partial charge in [-0.05, 0) is 37.8 Å². The van der Waals surface area contributed by atoms with Gasteiger partial charge in [0.1, 0.15) is 0 Å². The molecule has 1 nitrogen and oxygen atoms in total. The van der Waals surface area contributed by atoms with Crippen molar-refractivity contribution in [2.24, 2.45) is 17.8 Å². The Morgan fingerprint density at radius 3 is 1.92 bits per heavy atom. The molecule has 1 atom stereocenters. The van der Waals surface area contributed by atoms with Gasteiger partial charge in [-0.1, -0.05) is 34.6 Å². The first-order valence-electron chi connectivity index (χ1n) is 5.62. The molecule has 0 bridgehead atoms. The molecule has 0 rings (SSSR count). The molecule has 0 spiro atoms. The van der Waals surface area contributed by atoms with Crippen LogP contribution in [0.2, 0.25) is 0 Å². The first kappa shape index (κ1) is 13.0. The molecule has 1 unspecified atom stereocenters. The second kappa shape index (κ2) is 6.42. The average molecular weight is 185 g/mol. The van der Waals surface area contributed by atoms with Crippen LogP contribution in [0.5, 0.6) is 0 Å². The molecule has 0 aromatic carbocycles. The van der Waals surface area contributed by atoms with E-state index in [2.05, 4.69) is 46.6 Å². The molecule has 0 aliphatic rings. The molecular formula is C12H27N. The van der Waals surface area contributed by atoms with Crippen LogP contribution in [-0.2, 0) is 0 Å². The normalized spacial score (nSPS) is 14.5. The Labute approximate surface area is 84.5 Å². The van der Waals surface area contributed by atoms with Gasteiger partial charge < -0.3 is 4.90 Å². The standard InChI is InChI=1S/C12H27N/c1-10(2)7-8-13(6)9-12(5)11(3)4/h10-12H,7-9H2,1-6H3. The number of nitrogens with zero attached hydrogens (tertiary/aromatic N) is 1. The van der Waals surface area contributed by atoms with E-state index >= 15 is 0 Å². The molecule has 0 aliphatic carbocycles. The van der Waals surface area contributed by atoms with Crippen LogP contribution in [0.15, 0.2) is 0 Å². The van der Waals surface area contributed by atoms with Crippen LogP contribution in [-0.4, -0.2) is 25.0 Å². The number of rotatable bonds is 6. The van der Waals surface area contributed by atoms with Crippen LogP contribution in [0.3, 0.4) is 0 Å². The third kappa shape index (κ3) is 7.06. The van der Waals surface area contributed by atoms with Crippen molar-refractivity contribution in [2.45, 2.75) is 41.0 Å². The topological polar surface area (TPSA) is 3.24 Å². The summed E-state index contributed by atoms with van der Waals surface area (Å²) in [4.78, 5) is 2.46. The molecule has 0 aromatic rings. The van der Waals surface area contributed by atoms with Crippen LogP contribution in [0.4, 0.5) is 0 Å². The van der Waals surface area contributed by atoms with E-state index in [1.807, 2.05) is 0 Å². The van der Waals surface area contributed by atoms with E-state index in [1.54, 1.807) is 0 Å². The Morgan fingerprint density at radius 2 is 1.54 bits per heavy atom. The van der Waals surface area contributed by atoms with Crippen LogP contribution >= 0.6 is 0 Å². The molecule has 0 fully saturated rings. The molecule has 0 aliphatic heterocycles. The smallest absolute Gasteiger partial charge is 0.000641 e. The molecule has 0 saturated carbocycles. The summed E-state index contributed by atoms with van der Waals surface area (Å²) in [6, 6.07) is 0. The van der Waals surface area contributed by atoms with Crippen LogP contribution in [0.1, 0.15) is 41.0 Å². The van der Waals surface area contributed by atoms with Gasteiger partial charge >= 0.3 is 0 Å². The Balaban J connectivity index is 3.55. The Bertz CT molecular complexity index is 118. The highest BCUT2D eigenvalue weighted by Crippen LogP contribution is 2.11. The van der Waals surface area contributed by atoms with Gasteiger partial charge in [0.05, 0.1) is 0 Å². The van der Waals surface area contributed by atoms with E-state index < -0.39 is 0 Å². The van der Waals surface area contributed by atoms with Crippen LogP contribution in [0.25, 0.3) is 0 Å². The molecule has 0 saturated heterocycles. The third-order valence-electron chi connectivity index (χ3n) is 2.83. The van der Waals surface area contributed by atoms with Crippen molar-refractivity contribution < 1.29 is 0 Å². The Kier molecular flexibility index (Phi) is 6.40. The van der Waals surface area contributed by atoms with E-state index in [-0.39, 0.29) is 0 Å². The highest BCUT2D eigenvalue weighted by molar-refractivity contribution is 4.62. The minimum Gasteiger partial charge on any atom is -0.306 e. The van der Waals surface area contributed by atoms with E-state index in [0.29, 0.717) is 0 Å². The molecule has 13 heavy (non-hydrogen) atoms. The van der Waals surface area contributed by atoms with E-state index in [4.69, 9.17) is 0 Å². The van der Waals surface area contributed by atoms with Crippen LogP contribution in [0, 0.1) is 17.8 Å². The summed E-state index contributed by atoms with van der Waals surface area (Å²) in [7, 11) is 2.24. The highest BCUT2D eigenvalue weighted by Gasteiger charge is 2.09. The summed E-state index contributed by atoms with van der Waals surface area (Å²) in [5.74, 6) is 2.45. The van der Waals surface area contributed by atoms with Crippen molar-refractivity contribution >= 4 is 0 Å². The van der Waals surface area contributed by atoms with E-state index in [0.717, 1.165) is 17.8 Å². The third-order valence-corrected chi connectivity index (χ3v) is 2.83. The molecule has 0 N–H and O–H groups in total. The molecule has 1 heteroatoms. The zero-order valence-electron chi connectivity index (χ0n) is 10.3. The second-order valence-electron chi connectivity index (χ2n) is 5.17. The lowest BCUT2D eigenvalue weighted by Crippen LogP contribution is -2.28. The van der Waals surface area contributed by atoms with Crippen molar-refractivity contribution in [3.63, 3.8) is 0 Å². The first-order valence-corrected chi connectivity index (χ1v) is 5.62. The number of hydrogen-bond donors (Lipinski definition) is 0. The second-order valence-corrected chi connectivity index (χ2v) is 5.17. The monoisotopic (exact) mass is 185 g/mol. The fourth-order valence-corrected chi connectivity index (χ4v) is 1.27. The first-order chi connectivity index (χ1) is 5.93. The summed E-state index contributed by atoms with van der Waals surface area (Å²) in [6.07, 6.45) is 1.32. The van der Waals surface area contributed by atoms with Crippen LogP contribution < -0.4 is 0 Å². The van der Waals surface area contributed by atoms with E-state index in [9.17, 15) is 0 Å². The van der Waals surface area contributed by atoms with Gasteiger partial charge in [0.2, 0.25) is 0 Å². The van der Waals surface area contributed by atoms with Gasteiger partial charge in [-0.15, -0.1) is 0 Å². The quantitative estimate of drug-likeness (QED) is 0.614. The Hall–Kier alpha value is -0.0400. The van der Waals surface area contributed by atoms with Crippen molar-refractivity contribution in [3.8, 4) is 0 Å². The maximum Gasteiger partial charge on any atom is 0.000641 e. The fraction of sp³-hybridized carbons (Fsp3) is 1.00. The highest BCUT2D eigenvalue weighted by atomic mass is 15.1. The summed E-state index contributed by atoms with van der Waals surface area (Å²) in [5.41, 5.74) is 0. The van der Waals surface area contributed by atoms with Gasteiger partial charge in [0, 0.05) is 6.54 Å². The lowest BCUT2D eigenvalue weighted by Gasteiger charge is -2.24. The van der Waals surface area contributed by atoms with Crippen molar-refractivity contribution in [1.82, 2.24) is 4.90 Å². The summed E-state index contributed by atoms with van der Waals surface area (Å²) >= 11 is 0. The average Bonchev–Trinajstić information content (AvgIpc) is 2.00. The molecule has 0 amide bonds. The lowest BCUT2D eigenvalue weighted by molar-refractivity contribution is 0.239. The maximum atomic E-state index is 2.46. The maximum absolute atomic E-state index is 2.46. The molecule has 0 aromatic heterocycles. The van der Waals surface area contributed by atoms with Crippen molar-refractivity contribution in [3.05, 3.63) is 0 Å². The lowest BCUT2D eigenvalue weighted by atomic mass is 9.97. The minimum atomic E-state index is 0.807. The molecular weight excluding hydrogens is 158 g/mol. The van der Waals surface area contributed by atoms with E-state index in [1.165, 1.54) is 19.5 Å². The number of hydrogen-bond acceptors (Lipinski definition) is 1. The van der Waals surface area contributed by atoms with Gasteiger partial charge in [-0.3, -0.25) is 0 Å². The van der Waals surface area contributed by atoms with Gasteiger partial charge in [-0.2, -0.15) is 0 Å².